The van der Waals surface area contributed by atoms with E-state index in [2.05, 4.69) is 22.8 Å². The highest BCUT2D eigenvalue weighted by Gasteiger charge is 2.34. The van der Waals surface area contributed by atoms with Crippen molar-refractivity contribution >= 4 is 27.3 Å². The van der Waals surface area contributed by atoms with Gasteiger partial charge < -0.3 is 10.6 Å². The van der Waals surface area contributed by atoms with Crippen molar-refractivity contribution in [3.8, 4) is 0 Å². The Morgan fingerprint density at radius 3 is 2.70 bits per heavy atom. The minimum Gasteiger partial charge on any atom is -0.348 e. The zero-order valence-corrected chi connectivity index (χ0v) is 12.1. The van der Waals surface area contributed by atoms with Gasteiger partial charge in [-0.25, -0.2) is 0 Å². The molecule has 2 fully saturated rings. The van der Waals surface area contributed by atoms with Crippen molar-refractivity contribution in [3.05, 3.63) is 35.2 Å². The Labute approximate surface area is 122 Å². The molecule has 2 saturated heterocycles. The van der Waals surface area contributed by atoms with Gasteiger partial charge >= 0.3 is 0 Å². The predicted octanol–water partition coefficient (Wildman–Crippen LogP) is 2.91. The monoisotopic (exact) mass is 286 g/mol. The lowest BCUT2D eigenvalue weighted by Crippen LogP contribution is -2.47. The highest BCUT2D eigenvalue weighted by Crippen LogP contribution is 2.28. The number of hydrogen-bond acceptors (Lipinski definition) is 3. The minimum atomic E-state index is 0.0949. The van der Waals surface area contributed by atoms with E-state index in [0.717, 1.165) is 23.1 Å². The SMILES string of the molecule is O=C(NC1CC2CCC(C1)N2)c1cc2ccccc2s1. The Balaban J connectivity index is 1.49. The highest BCUT2D eigenvalue weighted by atomic mass is 32.1. The highest BCUT2D eigenvalue weighted by molar-refractivity contribution is 7.20. The minimum absolute atomic E-state index is 0.0949. The molecule has 0 spiro atoms. The van der Waals surface area contributed by atoms with Crippen LogP contribution in [0.5, 0.6) is 0 Å². The van der Waals surface area contributed by atoms with E-state index < -0.39 is 0 Å². The molecule has 0 radical (unpaired) electrons. The van der Waals surface area contributed by atoms with E-state index in [9.17, 15) is 4.79 Å². The first-order chi connectivity index (χ1) is 9.78. The molecule has 3 nitrogen and oxygen atoms in total. The fraction of sp³-hybridized carbons (Fsp3) is 0.438. The summed E-state index contributed by atoms with van der Waals surface area (Å²) in [6.45, 7) is 0. The van der Waals surface area contributed by atoms with Crippen molar-refractivity contribution in [2.45, 2.75) is 43.8 Å². The summed E-state index contributed by atoms with van der Waals surface area (Å²) in [6.07, 6.45) is 4.68. The van der Waals surface area contributed by atoms with Gasteiger partial charge in [-0.3, -0.25) is 4.79 Å². The normalized spacial score (nSPS) is 28.7. The van der Waals surface area contributed by atoms with Crippen molar-refractivity contribution in [2.24, 2.45) is 0 Å². The third kappa shape index (κ3) is 2.23. The second kappa shape index (κ2) is 4.86. The van der Waals surface area contributed by atoms with Crippen molar-refractivity contribution in [3.63, 3.8) is 0 Å². The van der Waals surface area contributed by atoms with Crippen molar-refractivity contribution in [2.75, 3.05) is 0 Å². The third-order valence-electron chi connectivity index (χ3n) is 4.46. The predicted molar refractivity (Wildman–Crippen MR) is 82.3 cm³/mol. The molecular weight excluding hydrogens is 268 g/mol. The number of carbonyl (C=O) groups is 1. The van der Waals surface area contributed by atoms with E-state index in [-0.39, 0.29) is 5.91 Å². The number of carbonyl (C=O) groups excluding carboxylic acids is 1. The van der Waals surface area contributed by atoms with Crippen LogP contribution in [-0.4, -0.2) is 24.0 Å². The summed E-state index contributed by atoms with van der Waals surface area (Å²) in [7, 11) is 0. The number of hydrogen-bond donors (Lipinski definition) is 2. The van der Waals surface area contributed by atoms with Gasteiger partial charge in [0, 0.05) is 22.8 Å². The van der Waals surface area contributed by atoms with Crippen molar-refractivity contribution in [1.82, 2.24) is 10.6 Å². The van der Waals surface area contributed by atoms with Crippen LogP contribution in [0.25, 0.3) is 10.1 Å². The van der Waals surface area contributed by atoms with Crippen molar-refractivity contribution < 1.29 is 4.79 Å². The van der Waals surface area contributed by atoms with Crippen LogP contribution >= 0.6 is 11.3 Å². The zero-order valence-electron chi connectivity index (χ0n) is 11.3. The lowest BCUT2D eigenvalue weighted by atomic mass is 10.00. The summed E-state index contributed by atoms with van der Waals surface area (Å²) in [5.41, 5.74) is 0. The Morgan fingerprint density at radius 1 is 1.20 bits per heavy atom. The van der Waals surface area contributed by atoms with Gasteiger partial charge in [-0.2, -0.15) is 0 Å². The number of nitrogens with one attached hydrogen (secondary N) is 2. The molecule has 2 atom stereocenters. The summed E-state index contributed by atoms with van der Waals surface area (Å²) in [4.78, 5) is 13.2. The molecule has 2 unspecified atom stereocenters. The number of amides is 1. The summed E-state index contributed by atoms with van der Waals surface area (Å²) >= 11 is 1.58. The number of piperidine rings is 1. The molecule has 1 aromatic carbocycles. The molecule has 0 saturated carbocycles. The largest absolute Gasteiger partial charge is 0.348 e. The smallest absolute Gasteiger partial charge is 0.261 e. The quantitative estimate of drug-likeness (QED) is 0.891. The van der Waals surface area contributed by atoms with E-state index in [0.29, 0.717) is 18.1 Å². The maximum Gasteiger partial charge on any atom is 0.261 e. The van der Waals surface area contributed by atoms with E-state index >= 15 is 0 Å². The van der Waals surface area contributed by atoms with Crippen LogP contribution in [0, 0.1) is 0 Å². The second-order valence-corrected chi connectivity index (χ2v) is 7.01. The standard InChI is InChI=1S/C16H18N2OS/c19-16(15-7-10-3-1-2-4-14(10)20-15)18-13-8-11-5-6-12(9-13)17-11/h1-4,7,11-13,17H,5-6,8-9H2,(H,18,19). The van der Waals surface area contributed by atoms with Gasteiger partial charge in [0.25, 0.3) is 5.91 Å². The van der Waals surface area contributed by atoms with E-state index in [4.69, 9.17) is 0 Å². The van der Waals surface area contributed by atoms with Crippen LogP contribution in [-0.2, 0) is 0 Å². The average Bonchev–Trinajstić information content (AvgIpc) is 3.02. The molecule has 3 heterocycles. The van der Waals surface area contributed by atoms with Gasteiger partial charge in [-0.05, 0) is 43.2 Å². The Morgan fingerprint density at radius 2 is 1.95 bits per heavy atom. The van der Waals surface area contributed by atoms with Gasteiger partial charge in [0.1, 0.15) is 0 Å². The van der Waals surface area contributed by atoms with E-state index in [1.165, 1.54) is 17.5 Å². The molecule has 2 aliphatic rings. The van der Waals surface area contributed by atoms with Gasteiger partial charge in [-0.1, -0.05) is 18.2 Å². The van der Waals surface area contributed by atoms with Gasteiger partial charge in [0.05, 0.1) is 4.88 Å². The van der Waals surface area contributed by atoms with Gasteiger partial charge in [0.2, 0.25) is 0 Å². The molecule has 1 amide bonds. The molecule has 2 bridgehead atoms. The molecule has 4 rings (SSSR count). The zero-order chi connectivity index (χ0) is 13.5. The Kier molecular flexibility index (Phi) is 3.00. The topological polar surface area (TPSA) is 41.1 Å². The number of fused-ring (bicyclic) bond motifs is 3. The summed E-state index contributed by atoms with van der Waals surface area (Å²) in [5, 5.41) is 7.99. The fourth-order valence-electron chi connectivity index (χ4n) is 3.53. The summed E-state index contributed by atoms with van der Waals surface area (Å²) < 4.78 is 1.18. The lowest BCUT2D eigenvalue weighted by Gasteiger charge is -2.29. The Bertz CT molecular complexity index is 606. The molecule has 4 heteroatoms. The summed E-state index contributed by atoms with van der Waals surface area (Å²) in [6, 6.07) is 11.7. The van der Waals surface area contributed by atoms with Crippen LogP contribution in [0.3, 0.4) is 0 Å². The van der Waals surface area contributed by atoms with Gasteiger partial charge in [-0.15, -0.1) is 11.3 Å². The molecule has 2 aromatic rings. The first-order valence-electron chi connectivity index (χ1n) is 7.33. The van der Waals surface area contributed by atoms with Crippen LogP contribution in [0.1, 0.15) is 35.4 Å². The van der Waals surface area contributed by atoms with Crippen LogP contribution in [0.15, 0.2) is 30.3 Å². The molecule has 1 aromatic heterocycles. The third-order valence-corrected chi connectivity index (χ3v) is 5.57. The second-order valence-electron chi connectivity index (χ2n) is 5.93. The number of thiophene rings is 1. The molecule has 104 valence electrons. The van der Waals surface area contributed by atoms with E-state index in [1.807, 2.05) is 18.2 Å². The van der Waals surface area contributed by atoms with E-state index in [1.54, 1.807) is 11.3 Å². The fourth-order valence-corrected chi connectivity index (χ4v) is 4.49. The molecule has 2 aliphatic heterocycles. The van der Waals surface area contributed by atoms with Crippen LogP contribution < -0.4 is 10.6 Å². The molecule has 2 N–H and O–H groups in total. The van der Waals surface area contributed by atoms with Crippen LogP contribution in [0.4, 0.5) is 0 Å². The number of benzene rings is 1. The Hall–Kier alpha value is -1.39. The first kappa shape index (κ1) is 12.4. The average molecular weight is 286 g/mol. The van der Waals surface area contributed by atoms with Gasteiger partial charge in [0.15, 0.2) is 0 Å². The van der Waals surface area contributed by atoms with Crippen LogP contribution in [0.2, 0.25) is 0 Å². The molecule has 20 heavy (non-hydrogen) atoms. The molecule has 0 aliphatic carbocycles. The number of rotatable bonds is 2. The molecular formula is C16H18N2OS. The first-order valence-corrected chi connectivity index (χ1v) is 8.15. The lowest BCUT2D eigenvalue weighted by molar-refractivity contribution is 0.0928. The maximum absolute atomic E-state index is 12.4. The summed E-state index contributed by atoms with van der Waals surface area (Å²) in [5.74, 6) is 0.0949. The maximum atomic E-state index is 12.4. The van der Waals surface area contributed by atoms with Crippen molar-refractivity contribution in [1.29, 1.82) is 0 Å².